The zero-order valence-corrected chi connectivity index (χ0v) is 16.0. The van der Waals surface area contributed by atoms with Gasteiger partial charge in [-0.3, -0.25) is 9.59 Å². The maximum atomic E-state index is 12.5. The summed E-state index contributed by atoms with van der Waals surface area (Å²) < 4.78 is 5.80. The highest BCUT2D eigenvalue weighted by molar-refractivity contribution is 5.76. The molecule has 0 radical (unpaired) electrons. The highest BCUT2D eigenvalue weighted by atomic mass is 16.4. The average Bonchev–Trinajstić information content (AvgIpc) is 3.05. The highest BCUT2D eigenvalue weighted by Crippen LogP contribution is 2.24. The Morgan fingerprint density at radius 3 is 2.54 bits per heavy atom. The number of amides is 1. The molecule has 0 atom stereocenters. The van der Waals surface area contributed by atoms with E-state index in [2.05, 4.69) is 35.7 Å². The number of carbonyl (C=O) groups is 2. The van der Waals surface area contributed by atoms with Gasteiger partial charge in [0.15, 0.2) is 5.89 Å². The first kappa shape index (κ1) is 20.4. The maximum Gasteiger partial charge on any atom is 0.290 e. The minimum atomic E-state index is -0.250. The quantitative estimate of drug-likeness (QED) is 0.796. The third-order valence-corrected chi connectivity index (χ3v) is 4.83. The van der Waals surface area contributed by atoms with Gasteiger partial charge < -0.3 is 24.2 Å². The van der Waals surface area contributed by atoms with E-state index in [4.69, 9.17) is 14.3 Å². The van der Waals surface area contributed by atoms with Crippen LogP contribution < -0.4 is 0 Å². The van der Waals surface area contributed by atoms with Crippen LogP contribution in [0.3, 0.4) is 0 Å². The van der Waals surface area contributed by atoms with Gasteiger partial charge in [-0.05, 0) is 7.05 Å². The molecule has 1 N–H and O–H groups in total. The van der Waals surface area contributed by atoms with Crippen LogP contribution in [-0.4, -0.2) is 83.5 Å². The molecule has 8 heteroatoms. The van der Waals surface area contributed by atoms with E-state index >= 15 is 0 Å². The summed E-state index contributed by atoms with van der Waals surface area (Å²) in [5.41, 5.74) is 0.952. The molecule has 1 aromatic rings. The van der Waals surface area contributed by atoms with Crippen molar-refractivity contribution < 1.29 is 19.1 Å². The van der Waals surface area contributed by atoms with Crippen molar-refractivity contribution in [1.29, 1.82) is 0 Å². The highest BCUT2D eigenvalue weighted by Gasteiger charge is 2.26. The standard InChI is InChI=1S/C17H28N4O2.CH2O2/c1-13(2)17-18-14-12-21(7-4-15(14)23-17)16(22)5-6-20-10-8-19(3)9-11-20;2-1-3/h13H,4-12H2,1-3H3;1H,(H,2,3). The fourth-order valence-electron chi connectivity index (χ4n) is 3.16. The molecular formula is C18H30N4O4. The number of likely N-dealkylation sites (N-methyl/N-ethyl adjacent to an activating group) is 1. The fraction of sp³-hybridized carbons (Fsp3) is 0.722. The molecule has 0 saturated carbocycles. The van der Waals surface area contributed by atoms with Crippen LogP contribution in [0.1, 0.15) is 43.5 Å². The lowest BCUT2D eigenvalue weighted by Gasteiger charge is -2.33. The van der Waals surface area contributed by atoms with E-state index < -0.39 is 0 Å². The van der Waals surface area contributed by atoms with Crippen molar-refractivity contribution in [1.82, 2.24) is 19.7 Å². The summed E-state index contributed by atoms with van der Waals surface area (Å²) in [7, 11) is 2.15. The van der Waals surface area contributed by atoms with E-state index in [1.54, 1.807) is 0 Å². The second-order valence-corrected chi connectivity index (χ2v) is 7.14. The topological polar surface area (TPSA) is 90.1 Å². The molecule has 1 saturated heterocycles. The number of oxazole rings is 1. The van der Waals surface area contributed by atoms with Crippen LogP contribution in [0.4, 0.5) is 0 Å². The van der Waals surface area contributed by atoms with Gasteiger partial charge in [-0.2, -0.15) is 0 Å². The smallest absolute Gasteiger partial charge is 0.290 e. The van der Waals surface area contributed by atoms with Crippen molar-refractivity contribution in [3.8, 4) is 0 Å². The lowest BCUT2D eigenvalue weighted by molar-refractivity contribution is -0.132. The van der Waals surface area contributed by atoms with E-state index in [1.165, 1.54) is 0 Å². The molecule has 0 aliphatic carbocycles. The maximum absolute atomic E-state index is 12.5. The Kier molecular flexibility index (Phi) is 7.59. The number of hydrogen-bond donors (Lipinski definition) is 1. The largest absolute Gasteiger partial charge is 0.483 e. The summed E-state index contributed by atoms with van der Waals surface area (Å²) >= 11 is 0. The van der Waals surface area contributed by atoms with Gasteiger partial charge in [-0.15, -0.1) is 0 Å². The molecule has 146 valence electrons. The predicted molar refractivity (Wildman–Crippen MR) is 97.0 cm³/mol. The molecule has 1 fully saturated rings. The zero-order valence-electron chi connectivity index (χ0n) is 16.0. The summed E-state index contributed by atoms with van der Waals surface area (Å²) in [5.74, 6) is 2.30. The van der Waals surface area contributed by atoms with Crippen LogP contribution in [0.5, 0.6) is 0 Å². The van der Waals surface area contributed by atoms with Crippen LogP contribution in [0.25, 0.3) is 0 Å². The second kappa shape index (κ2) is 9.68. The normalized spacial score (nSPS) is 18.2. The summed E-state index contributed by atoms with van der Waals surface area (Å²) in [6, 6.07) is 0. The first-order chi connectivity index (χ1) is 12.4. The second-order valence-electron chi connectivity index (χ2n) is 7.14. The SMILES string of the molecule is CC(C)c1nc2c(o1)CCN(C(=O)CCN1CCN(C)CC1)C2.O=CO. The van der Waals surface area contributed by atoms with E-state index in [-0.39, 0.29) is 12.4 Å². The van der Waals surface area contributed by atoms with Crippen LogP contribution in [-0.2, 0) is 22.6 Å². The van der Waals surface area contributed by atoms with E-state index in [0.717, 1.165) is 63.0 Å². The van der Waals surface area contributed by atoms with Gasteiger partial charge in [0.05, 0.1) is 6.54 Å². The Morgan fingerprint density at radius 2 is 1.92 bits per heavy atom. The van der Waals surface area contributed by atoms with Crippen LogP contribution in [0, 0.1) is 0 Å². The first-order valence-corrected chi connectivity index (χ1v) is 9.19. The first-order valence-electron chi connectivity index (χ1n) is 9.19. The third-order valence-electron chi connectivity index (χ3n) is 4.83. The van der Waals surface area contributed by atoms with Crippen molar-refractivity contribution in [3.63, 3.8) is 0 Å². The minimum absolute atomic E-state index is 0.240. The number of carbonyl (C=O) groups excluding carboxylic acids is 1. The summed E-state index contributed by atoms with van der Waals surface area (Å²) in [6.45, 7) is 10.5. The number of aromatic nitrogens is 1. The van der Waals surface area contributed by atoms with Gasteiger partial charge in [-0.25, -0.2) is 4.98 Å². The van der Waals surface area contributed by atoms with Gasteiger partial charge in [0.2, 0.25) is 5.91 Å². The minimum Gasteiger partial charge on any atom is -0.483 e. The van der Waals surface area contributed by atoms with Gasteiger partial charge in [-0.1, -0.05) is 13.8 Å². The number of fused-ring (bicyclic) bond motifs is 1. The van der Waals surface area contributed by atoms with Gasteiger partial charge in [0, 0.05) is 58.0 Å². The van der Waals surface area contributed by atoms with Gasteiger partial charge in [0.1, 0.15) is 11.5 Å². The summed E-state index contributed by atoms with van der Waals surface area (Å²) in [5, 5.41) is 6.89. The Hall–Kier alpha value is -1.93. The average molecular weight is 366 g/mol. The van der Waals surface area contributed by atoms with Crippen molar-refractivity contribution in [2.45, 2.75) is 39.2 Å². The Morgan fingerprint density at radius 1 is 1.27 bits per heavy atom. The number of piperazine rings is 1. The van der Waals surface area contributed by atoms with Crippen molar-refractivity contribution >= 4 is 12.4 Å². The van der Waals surface area contributed by atoms with Crippen LogP contribution in [0.2, 0.25) is 0 Å². The monoisotopic (exact) mass is 366 g/mol. The van der Waals surface area contributed by atoms with Crippen molar-refractivity contribution in [2.24, 2.45) is 0 Å². The summed E-state index contributed by atoms with van der Waals surface area (Å²) in [6.07, 6.45) is 1.39. The molecule has 26 heavy (non-hydrogen) atoms. The molecule has 0 spiro atoms. The molecule has 8 nitrogen and oxygen atoms in total. The van der Waals surface area contributed by atoms with Crippen molar-refractivity contribution in [2.75, 3.05) is 46.3 Å². The van der Waals surface area contributed by atoms with E-state index in [0.29, 0.717) is 18.9 Å². The molecule has 3 rings (SSSR count). The fourth-order valence-corrected chi connectivity index (χ4v) is 3.16. The molecule has 3 heterocycles. The summed E-state index contributed by atoms with van der Waals surface area (Å²) in [4.78, 5) is 32.1. The molecule has 0 unspecified atom stereocenters. The van der Waals surface area contributed by atoms with Gasteiger partial charge in [0.25, 0.3) is 6.47 Å². The molecule has 2 aliphatic rings. The van der Waals surface area contributed by atoms with E-state index in [1.807, 2.05) is 4.90 Å². The Bertz CT molecular complexity index is 594. The molecule has 0 bridgehead atoms. The molecule has 1 amide bonds. The predicted octanol–water partition coefficient (Wildman–Crippen LogP) is 1.02. The number of nitrogens with zero attached hydrogens (tertiary/aromatic N) is 4. The lowest BCUT2D eigenvalue weighted by Crippen LogP contribution is -2.46. The molecular weight excluding hydrogens is 336 g/mol. The number of carboxylic acid groups (broad SMARTS) is 1. The van der Waals surface area contributed by atoms with Crippen LogP contribution in [0.15, 0.2) is 4.42 Å². The molecule has 0 aromatic carbocycles. The van der Waals surface area contributed by atoms with Gasteiger partial charge >= 0.3 is 0 Å². The third kappa shape index (κ3) is 5.54. The Labute approximate surface area is 154 Å². The van der Waals surface area contributed by atoms with Crippen molar-refractivity contribution in [3.05, 3.63) is 17.3 Å². The number of rotatable bonds is 4. The molecule has 1 aromatic heterocycles. The van der Waals surface area contributed by atoms with Crippen LogP contribution >= 0.6 is 0 Å². The molecule has 2 aliphatic heterocycles. The zero-order chi connectivity index (χ0) is 19.1. The Balaban J connectivity index is 0.000000758. The van der Waals surface area contributed by atoms with E-state index in [9.17, 15) is 4.79 Å². The number of hydrogen-bond acceptors (Lipinski definition) is 6. The lowest BCUT2D eigenvalue weighted by atomic mass is 10.1.